The highest BCUT2D eigenvalue weighted by Gasteiger charge is 2.19. The molecule has 0 aromatic carbocycles. The summed E-state index contributed by atoms with van der Waals surface area (Å²) in [5, 5.41) is 0. The van der Waals surface area contributed by atoms with Gasteiger partial charge < -0.3 is 14.2 Å². The molecular weight excluding hydrogens is 853 g/mol. The van der Waals surface area contributed by atoms with Crippen molar-refractivity contribution in [2.45, 2.75) is 309 Å². The Morgan fingerprint density at radius 3 is 0.855 bits per heavy atom. The summed E-state index contributed by atoms with van der Waals surface area (Å²) >= 11 is 0. The quantitative estimate of drug-likeness (QED) is 0.0262. The summed E-state index contributed by atoms with van der Waals surface area (Å²) in [6.07, 6.45) is 72.0. The smallest absolute Gasteiger partial charge is 0.306 e. The second-order valence-corrected chi connectivity index (χ2v) is 19.9. The van der Waals surface area contributed by atoms with E-state index in [9.17, 15) is 14.4 Å². The number of allylic oxidation sites excluding steroid dienone is 10. The molecule has 0 aromatic heterocycles. The van der Waals surface area contributed by atoms with Gasteiger partial charge in [0.05, 0.1) is 0 Å². The van der Waals surface area contributed by atoms with Crippen molar-refractivity contribution in [2.75, 3.05) is 13.2 Å². The van der Waals surface area contributed by atoms with Crippen LogP contribution >= 0.6 is 0 Å². The van der Waals surface area contributed by atoms with Crippen LogP contribution in [0.25, 0.3) is 0 Å². The Bertz CT molecular complexity index is 1250. The van der Waals surface area contributed by atoms with Crippen molar-refractivity contribution in [3.63, 3.8) is 0 Å². The molecule has 69 heavy (non-hydrogen) atoms. The Labute approximate surface area is 428 Å². The highest BCUT2D eigenvalue weighted by Crippen LogP contribution is 2.15. The Hall–Kier alpha value is -2.89. The van der Waals surface area contributed by atoms with Crippen molar-refractivity contribution in [1.82, 2.24) is 0 Å². The molecule has 0 aliphatic rings. The Balaban J connectivity index is 4.42. The van der Waals surface area contributed by atoms with Crippen LogP contribution in [0.4, 0.5) is 0 Å². The predicted octanol–water partition coefficient (Wildman–Crippen LogP) is 20.0. The summed E-state index contributed by atoms with van der Waals surface area (Å²) in [5.41, 5.74) is 0. The van der Waals surface area contributed by atoms with Crippen LogP contribution in [-0.2, 0) is 28.6 Å². The monoisotopic (exact) mass is 965 g/mol. The minimum atomic E-state index is -0.788. The maximum absolute atomic E-state index is 12.9. The molecule has 0 saturated heterocycles. The van der Waals surface area contributed by atoms with E-state index in [1.807, 2.05) is 0 Å². The van der Waals surface area contributed by atoms with Gasteiger partial charge in [-0.1, -0.05) is 236 Å². The lowest BCUT2D eigenvalue weighted by atomic mass is 10.1. The topological polar surface area (TPSA) is 78.9 Å². The van der Waals surface area contributed by atoms with E-state index in [1.165, 1.54) is 180 Å². The summed E-state index contributed by atoms with van der Waals surface area (Å²) in [4.78, 5) is 38.2. The van der Waals surface area contributed by atoms with Crippen molar-refractivity contribution in [3.05, 3.63) is 60.8 Å². The number of ether oxygens (including phenoxy) is 3. The lowest BCUT2D eigenvalue weighted by Gasteiger charge is -2.18. The summed E-state index contributed by atoms with van der Waals surface area (Å²) in [5.74, 6) is -0.903. The summed E-state index contributed by atoms with van der Waals surface area (Å²) in [7, 11) is 0. The predicted molar refractivity (Wildman–Crippen MR) is 298 cm³/mol. The molecule has 0 radical (unpaired) electrons. The third-order valence-corrected chi connectivity index (χ3v) is 13.0. The van der Waals surface area contributed by atoms with E-state index < -0.39 is 6.10 Å². The van der Waals surface area contributed by atoms with Gasteiger partial charge in [0, 0.05) is 19.3 Å². The number of hydrogen-bond acceptors (Lipinski definition) is 6. The number of carbonyl (C=O) groups is 3. The van der Waals surface area contributed by atoms with Gasteiger partial charge in [-0.05, 0) is 109 Å². The summed E-state index contributed by atoms with van der Waals surface area (Å²) < 4.78 is 16.9. The van der Waals surface area contributed by atoms with E-state index >= 15 is 0 Å². The van der Waals surface area contributed by atoms with Crippen molar-refractivity contribution in [3.8, 4) is 0 Å². The van der Waals surface area contributed by atoms with Gasteiger partial charge in [-0.3, -0.25) is 14.4 Å². The molecule has 0 spiro atoms. The van der Waals surface area contributed by atoms with Gasteiger partial charge in [0.1, 0.15) is 13.2 Å². The maximum Gasteiger partial charge on any atom is 0.306 e. The molecule has 0 aliphatic heterocycles. The molecule has 0 bridgehead atoms. The zero-order chi connectivity index (χ0) is 50.0. The number of carbonyl (C=O) groups excluding carboxylic acids is 3. The Morgan fingerprint density at radius 1 is 0.290 bits per heavy atom. The van der Waals surface area contributed by atoms with Crippen molar-refractivity contribution in [1.29, 1.82) is 0 Å². The van der Waals surface area contributed by atoms with Crippen LogP contribution in [0.15, 0.2) is 60.8 Å². The van der Waals surface area contributed by atoms with E-state index in [1.54, 1.807) is 0 Å². The fourth-order valence-corrected chi connectivity index (χ4v) is 8.44. The van der Waals surface area contributed by atoms with Crippen LogP contribution in [0.5, 0.6) is 0 Å². The third kappa shape index (κ3) is 55.9. The van der Waals surface area contributed by atoms with Crippen LogP contribution in [0.1, 0.15) is 303 Å². The number of esters is 3. The molecule has 0 N–H and O–H groups in total. The molecule has 1 atom stereocenters. The van der Waals surface area contributed by atoms with E-state index in [0.29, 0.717) is 19.3 Å². The third-order valence-electron chi connectivity index (χ3n) is 13.0. The average molecular weight is 966 g/mol. The molecular formula is C63H112O6. The second kappa shape index (κ2) is 57.7. The maximum atomic E-state index is 12.9. The van der Waals surface area contributed by atoms with Crippen molar-refractivity contribution >= 4 is 17.9 Å². The van der Waals surface area contributed by atoms with Gasteiger partial charge in [-0.2, -0.15) is 0 Å². The lowest BCUT2D eigenvalue weighted by Crippen LogP contribution is -2.30. The van der Waals surface area contributed by atoms with E-state index in [2.05, 4.69) is 81.5 Å². The second-order valence-electron chi connectivity index (χ2n) is 19.9. The van der Waals surface area contributed by atoms with Crippen LogP contribution in [0.3, 0.4) is 0 Å². The number of unbranched alkanes of at least 4 members (excludes halogenated alkanes) is 33. The number of rotatable bonds is 54. The molecule has 0 saturated carbocycles. The first kappa shape index (κ1) is 66.1. The SMILES string of the molecule is CCCCC/C=C\C/C=C\C/C=C\CCCCCCC(=O)OC[C@@H](COC(=O)CCCCCCCCC/C=C\CCCCCCCC)OC(=O)CCCCCCCCC/C=C\CCCCCCCC. The van der Waals surface area contributed by atoms with Crippen LogP contribution in [0, 0.1) is 0 Å². The molecule has 0 aliphatic carbocycles. The summed E-state index contributed by atoms with van der Waals surface area (Å²) in [6.45, 7) is 6.61. The molecule has 0 amide bonds. The zero-order valence-corrected chi connectivity index (χ0v) is 45.8. The first-order chi connectivity index (χ1) is 34.0. The molecule has 6 nitrogen and oxygen atoms in total. The normalized spacial score (nSPS) is 12.4. The van der Waals surface area contributed by atoms with Gasteiger partial charge in [-0.25, -0.2) is 0 Å². The fraction of sp³-hybridized carbons (Fsp3) is 0.794. The molecule has 0 rings (SSSR count). The molecule has 0 unspecified atom stereocenters. The van der Waals surface area contributed by atoms with Crippen LogP contribution in [-0.4, -0.2) is 37.2 Å². The summed E-state index contributed by atoms with van der Waals surface area (Å²) in [6, 6.07) is 0. The van der Waals surface area contributed by atoms with Crippen molar-refractivity contribution in [2.24, 2.45) is 0 Å². The van der Waals surface area contributed by atoms with Crippen LogP contribution < -0.4 is 0 Å². The van der Waals surface area contributed by atoms with Gasteiger partial charge in [0.25, 0.3) is 0 Å². The van der Waals surface area contributed by atoms with Gasteiger partial charge in [0.15, 0.2) is 6.10 Å². The molecule has 0 heterocycles. The fourth-order valence-electron chi connectivity index (χ4n) is 8.44. The van der Waals surface area contributed by atoms with Crippen LogP contribution in [0.2, 0.25) is 0 Å². The van der Waals surface area contributed by atoms with Gasteiger partial charge in [0.2, 0.25) is 0 Å². The van der Waals surface area contributed by atoms with E-state index in [0.717, 1.165) is 83.5 Å². The molecule has 400 valence electrons. The highest BCUT2D eigenvalue weighted by molar-refractivity contribution is 5.71. The standard InChI is InChI=1S/C63H112O6/c1-4-7-10-13-16-19-22-25-28-31-34-37-40-43-46-49-52-55-61(64)67-58-60(69-63(66)57-54-51-48-45-42-39-36-33-30-27-24-21-18-15-12-9-6-3)59-68-62(65)56-53-50-47-44-41-38-35-32-29-26-23-20-17-14-11-8-5-2/h16,19,25-30,34,37,60H,4-15,17-18,20-24,31-33,35-36,38-59H2,1-3H3/b19-16-,28-25-,29-26-,30-27-,37-34-/t60-/m0/s1. The largest absolute Gasteiger partial charge is 0.462 e. The average Bonchev–Trinajstić information content (AvgIpc) is 3.35. The minimum absolute atomic E-state index is 0.0843. The number of hydrogen-bond donors (Lipinski definition) is 0. The Kier molecular flexibility index (Phi) is 55.3. The highest BCUT2D eigenvalue weighted by atomic mass is 16.6. The van der Waals surface area contributed by atoms with E-state index in [-0.39, 0.29) is 31.1 Å². The Morgan fingerprint density at radius 2 is 0.522 bits per heavy atom. The van der Waals surface area contributed by atoms with Crippen molar-refractivity contribution < 1.29 is 28.6 Å². The van der Waals surface area contributed by atoms with E-state index in [4.69, 9.17) is 14.2 Å². The molecule has 0 aromatic rings. The van der Waals surface area contributed by atoms with Gasteiger partial charge in [-0.15, -0.1) is 0 Å². The first-order valence-electron chi connectivity index (χ1n) is 29.8. The zero-order valence-electron chi connectivity index (χ0n) is 45.8. The minimum Gasteiger partial charge on any atom is -0.462 e. The lowest BCUT2D eigenvalue weighted by molar-refractivity contribution is -0.167. The van der Waals surface area contributed by atoms with Gasteiger partial charge >= 0.3 is 17.9 Å². The molecule has 0 fully saturated rings. The molecule has 6 heteroatoms. The first-order valence-corrected chi connectivity index (χ1v) is 29.8.